The number of unbranched alkanes of at least 4 members (excludes halogenated alkanes) is 2. The summed E-state index contributed by atoms with van der Waals surface area (Å²) in [7, 11) is 0. The lowest BCUT2D eigenvalue weighted by Crippen LogP contribution is -2.55. The van der Waals surface area contributed by atoms with E-state index in [1.54, 1.807) is 60.7 Å². The minimum Gasteiger partial charge on any atom is -0.274 e. The number of barbiturate groups is 5. The molecule has 0 N–H and O–H groups in total. The molecule has 0 spiro atoms. The van der Waals surface area contributed by atoms with E-state index in [2.05, 4.69) is 24.3 Å². The largest absolute Gasteiger partial charge is 0.342 e. The van der Waals surface area contributed by atoms with Gasteiger partial charge in [-0.05, 0) is 146 Å². The molecule has 780 valence electrons. The van der Waals surface area contributed by atoms with Crippen molar-refractivity contribution in [2.45, 2.75) is 261 Å². The molecule has 145 heavy (non-hydrogen) atoms. The van der Waals surface area contributed by atoms with E-state index in [1.807, 2.05) is 357 Å². The van der Waals surface area contributed by atoms with Gasteiger partial charge in [-0.25, -0.2) is 33.8 Å². The van der Waals surface area contributed by atoms with Gasteiger partial charge in [-0.3, -0.25) is 87.1 Å². The number of hydrogen-bond donors (Lipinski definition) is 0. The number of hydrogen-bond acceptors (Lipinski definition) is 15. The number of para-hydroxylation sites is 2. The van der Waals surface area contributed by atoms with E-state index in [4.69, 9.17) is 0 Å². The van der Waals surface area contributed by atoms with Crippen LogP contribution in [0.25, 0.3) is 0 Å². The van der Waals surface area contributed by atoms with Crippen LogP contribution in [0, 0.1) is 0 Å². The van der Waals surface area contributed by atoms with Crippen molar-refractivity contribution < 1.29 is 71.9 Å². The molecule has 5 aliphatic rings. The molecule has 0 saturated carbocycles. The van der Waals surface area contributed by atoms with E-state index in [0.717, 1.165) is 93.2 Å². The van der Waals surface area contributed by atoms with Gasteiger partial charge in [0.05, 0.1) is 24.5 Å². The highest BCUT2D eigenvalue weighted by atomic mass is 16.2. The van der Waals surface area contributed by atoms with E-state index >= 15 is 0 Å². The van der Waals surface area contributed by atoms with Gasteiger partial charge in [0.2, 0.25) is 59.1 Å². The Kier molecular flexibility index (Phi) is 68.9. The third kappa shape index (κ3) is 44.3. The van der Waals surface area contributed by atoms with Crippen LogP contribution in [0.1, 0.15) is 254 Å². The average Bonchev–Trinajstić information content (AvgIpc) is 0.777. The van der Waals surface area contributed by atoms with Crippen molar-refractivity contribution in [2.75, 3.05) is 49.1 Å². The van der Waals surface area contributed by atoms with Gasteiger partial charge in [-0.2, -0.15) is 0 Å². The van der Waals surface area contributed by atoms with Gasteiger partial charge in [0.25, 0.3) is 0 Å². The first-order valence-corrected chi connectivity index (χ1v) is 52.0. The number of imide groups is 10. The number of carbonyl (C=O) groups is 15. The van der Waals surface area contributed by atoms with Crippen molar-refractivity contribution in [3.63, 3.8) is 0 Å². The van der Waals surface area contributed by atoms with Crippen LogP contribution in [-0.4, -0.2) is 168 Å². The fourth-order valence-electron chi connectivity index (χ4n) is 14.6. The second kappa shape index (κ2) is 77.9. The summed E-state index contributed by atoms with van der Waals surface area (Å²) < 4.78 is 0. The summed E-state index contributed by atoms with van der Waals surface area (Å²) >= 11 is 0. The molecule has 0 atom stereocenters. The summed E-state index contributed by atoms with van der Waals surface area (Å²) in [6, 6.07) is 92.6. The highest BCUT2D eigenvalue weighted by molar-refractivity contribution is 6.35. The Morgan fingerprint density at radius 3 is 0.531 bits per heavy atom. The Bertz CT molecular complexity index is 5030. The molecule has 0 aliphatic carbocycles. The molecule has 0 bridgehead atoms. The van der Waals surface area contributed by atoms with Crippen LogP contribution in [0.15, 0.2) is 303 Å². The molecule has 25 nitrogen and oxygen atoms in total. The third-order valence-corrected chi connectivity index (χ3v) is 21.2. The van der Waals surface area contributed by atoms with Gasteiger partial charge in [0, 0.05) is 39.3 Å². The van der Waals surface area contributed by atoms with Crippen LogP contribution in [0.4, 0.5) is 35.3 Å². The van der Waals surface area contributed by atoms with Gasteiger partial charge < -0.3 is 0 Å². The van der Waals surface area contributed by atoms with Crippen LogP contribution in [0.5, 0.6) is 0 Å². The minimum absolute atomic E-state index is 0.178. The zero-order chi connectivity index (χ0) is 108. The SMILES string of the molecule is CC.CC.CC.CC.CC.CC.CC.CC.CC.CC.O=C1CC(=O)N(CCCCc2ccccc2)C(=O)N1CCCCc1ccccc1.O=C1CC(=O)N(CCCc2ccccc2)C(=O)N1CCCc1ccccc1.O=C1CC(=O)N(CCc2ccccc2)C(=O)N1CCc1ccccc1.O=C1CC(=O)N(Cc2ccccc2)C(=O)N1Cc1ccccc1.O=C1CC(=O)N(c2ccccc2)C(=O)N1c1ccccc1. The number of nitrogens with zero attached hydrogens (tertiary/aromatic N) is 10. The lowest BCUT2D eigenvalue weighted by Gasteiger charge is -2.32. The quantitative estimate of drug-likeness (QED) is 0.0299. The van der Waals surface area contributed by atoms with Crippen molar-refractivity contribution in [1.82, 2.24) is 39.2 Å². The number of anilines is 2. The van der Waals surface area contributed by atoms with Crippen LogP contribution in [0.3, 0.4) is 0 Å². The fraction of sp³-hybridized carbons (Fsp3) is 0.375. The first-order chi connectivity index (χ1) is 70.8. The number of carbonyl (C=O) groups excluding carboxylic acids is 15. The number of aryl methyl sites for hydroxylation is 4. The van der Waals surface area contributed by atoms with Crippen LogP contribution < -0.4 is 9.80 Å². The minimum atomic E-state index is -0.645. The molecular weight excluding hydrogens is 1820 g/mol. The molecule has 0 aromatic heterocycles. The number of urea groups is 5. The molecule has 10 aromatic rings. The van der Waals surface area contributed by atoms with E-state index < -0.39 is 77.4 Å². The molecule has 5 aliphatic heterocycles. The topological polar surface area (TPSA) is 288 Å². The predicted octanol–water partition coefficient (Wildman–Crippen LogP) is 25.7. The Morgan fingerprint density at radius 1 is 0.152 bits per heavy atom. The smallest absolute Gasteiger partial charge is 0.274 e. The molecule has 5 fully saturated rings. The van der Waals surface area contributed by atoms with Gasteiger partial charge in [-0.15, -0.1) is 0 Å². The molecule has 5 saturated heterocycles. The van der Waals surface area contributed by atoms with Crippen molar-refractivity contribution in [1.29, 1.82) is 0 Å². The monoisotopic (exact) mass is 1980 g/mol. The van der Waals surface area contributed by atoms with Crippen LogP contribution in [0.2, 0.25) is 0 Å². The third-order valence-electron chi connectivity index (χ3n) is 21.2. The van der Waals surface area contributed by atoms with Crippen molar-refractivity contribution in [3.8, 4) is 0 Å². The second-order valence-electron chi connectivity index (χ2n) is 30.2. The number of benzene rings is 10. The highest BCUT2D eigenvalue weighted by Gasteiger charge is 2.43. The summed E-state index contributed by atoms with van der Waals surface area (Å²) in [4.78, 5) is 196. The van der Waals surface area contributed by atoms with Gasteiger partial charge in [0.1, 0.15) is 32.1 Å². The van der Waals surface area contributed by atoms with Gasteiger partial charge in [0.15, 0.2) is 0 Å². The Hall–Kier alpha value is -14.8. The first kappa shape index (κ1) is 128. The fourth-order valence-corrected chi connectivity index (χ4v) is 14.6. The summed E-state index contributed by atoms with van der Waals surface area (Å²) in [5, 5.41) is 0. The zero-order valence-electron chi connectivity index (χ0n) is 89.6. The summed E-state index contributed by atoms with van der Waals surface area (Å²) in [5.41, 5.74) is 9.56. The molecule has 0 radical (unpaired) electrons. The normalized spacial score (nSPS) is 13.3. The first-order valence-electron chi connectivity index (χ1n) is 52.0. The van der Waals surface area contributed by atoms with Crippen molar-refractivity contribution in [3.05, 3.63) is 348 Å². The highest BCUT2D eigenvalue weighted by Crippen LogP contribution is 2.28. The molecule has 10 aromatic carbocycles. The molecule has 20 amide bonds. The maximum absolute atomic E-state index is 12.7. The molecule has 0 unspecified atom stereocenters. The van der Waals surface area contributed by atoms with E-state index in [1.165, 1.54) is 51.7 Å². The number of amides is 20. The average molecular weight is 1980 g/mol. The van der Waals surface area contributed by atoms with E-state index in [9.17, 15) is 71.9 Å². The molecular formula is C120H160N10O15. The van der Waals surface area contributed by atoms with Gasteiger partial charge >= 0.3 is 30.2 Å². The maximum atomic E-state index is 12.7. The zero-order valence-corrected chi connectivity index (χ0v) is 89.6. The molecule has 5 heterocycles. The Labute approximate surface area is 864 Å². The van der Waals surface area contributed by atoms with Crippen LogP contribution in [-0.2, 0) is 99.6 Å². The summed E-state index contributed by atoms with van der Waals surface area (Å²) in [5.74, 6) is -4.29. The Balaban J connectivity index is 0.000000869. The molecule has 25 heteroatoms. The standard InChI is InChI=1S/C24H28N2O3.C22H24N2O3.C20H20N2O3.C18H16N2O3.C16H12N2O3.10C2H6/c27-22-19-23(28)26(18-10-8-16-21-13-5-2-6-14-21)24(29)25(22)17-9-7-15-20-11-3-1-4-12-20;25-20-17-21(26)24(16-8-14-19-11-5-2-6-12-19)22(27)23(20)15-7-13-18-9-3-1-4-10-18;23-18-15-19(24)22(14-12-17-9-5-2-6-10-17)20(25)21(18)13-11-16-7-3-1-4-8-16;21-16-11-17(22)20(13-15-9-5-2-6-10-15)18(23)19(16)12-14-7-3-1-4-8-14;19-14-11-15(20)18(13-9-5-2-6-10-13)16(21)17(14)12-7-3-1-4-8-12;10*1-2/h1-6,11-14H,7-10,15-19H2;1-6,9-12H,7-8,13-17H2;1-10H,11-15H2;1-10H,11-13H2;1-10H,11H2;10*1-2H3. The maximum Gasteiger partial charge on any atom is 0.342 e. The summed E-state index contributed by atoms with van der Waals surface area (Å²) in [6.45, 7) is 42.4. The molecule has 15 rings (SSSR count). The summed E-state index contributed by atoms with van der Waals surface area (Å²) in [6.07, 6.45) is 7.96. The lowest BCUT2D eigenvalue weighted by atomic mass is 10.1. The van der Waals surface area contributed by atoms with Crippen molar-refractivity contribution >= 4 is 101 Å². The second-order valence-corrected chi connectivity index (χ2v) is 30.2. The van der Waals surface area contributed by atoms with Crippen molar-refractivity contribution in [2.24, 2.45) is 0 Å². The van der Waals surface area contributed by atoms with Crippen LogP contribution >= 0.6 is 0 Å². The van der Waals surface area contributed by atoms with E-state index in [-0.39, 0.29) is 70.1 Å². The number of rotatable bonds is 30. The predicted molar refractivity (Wildman–Crippen MR) is 584 cm³/mol. The van der Waals surface area contributed by atoms with Gasteiger partial charge in [-0.1, -0.05) is 418 Å². The Morgan fingerprint density at radius 2 is 0.310 bits per heavy atom. The van der Waals surface area contributed by atoms with E-state index in [0.29, 0.717) is 63.2 Å². The lowest BCUT2D eigenvalue weighted by molar-refractivity contribution is -0.144.